The number of ether oxygens (including phenoxy) is 1. The first kappa shape index (κ1) is 26.3. The first-order chi connectivity index (χ1) is 16.0. The van der Waals surface area contributed by atoms with E-state index in [0.717, 1.165) is 17.3 Å². The summed E-state index contributed by atoms with van der Waals surface area (Å²) in [5.41, 5.74) is 1.73. The zero-order valence-corrected chi connectivity index (χ0v) is 21.8. The summed E-state index contributed by atoms with van der Waals surface area (Å²) >= 11 is 1.21. The number of benzene rings is 2. The van der Waals surface area contributed by atoms with Crippen LogP contribution in [0.15, 0.2) is 57.2 Å². The molecular formula is C23H28N2O6S3. The molecule has 8 nitrogen and oxygen atoms in total. The molecule has 0 aliphatic rings. The van der Waals surface area contributed by atoms with Crippen LogP contribution < -0.4 is 4.80 Å². The number of hydrogen-bond acceptors (Lipinski definition) is 7. The Bertz CT molecular complexity index is 1450. The molecule has 3 rings (SSSR count). The van der Waals surface area contributed by atoms with E-state index in [1.165, 1.54) is 17.4 Å². The van der Waals surface area contributed by atoms with E-state index in [2.05, 4.69) is 4.99 Å². The van der Waals surface area contributed by atoms with E-state index in [1.54, 1.807) is 36.4 Å². The van der Waals surface area contributed by atoms with Gasteiger partial charge in [-0.3, -0.25) is 4.79 Å². The molecule has 0 fully saturated rings. The lowest BCUT2D eigenvalue weighted by Crippen LogP contribution is -2.20. The number of aromatic nitrogens is 1. The Kier molecular flexibility index (Phi) is 8.45. The summed E-state index contributed by atoms with van der Waals surface area (Å²) in [4.78, 5) is 17.6. The zero-order valence-electron chi connectivity index (χ0n) is 19.4. The van der Waals surface area contributed by atoms with Crippen molar-refractivity contribution in [1.82, 2.24) is 4.57 Å². The van der Waals surface area contributed by atoms with Crippen LogP contribution in [0.2, 0.25) is 0 Å². The van der Waals surface area contributed by atoms with Gasteiger partial charge in [-0.1, -0.05) is 29.0 Å². The highest BCUT2D eigenvalue weighted by molar-refractivity contribution is 7.91. The lowest BCUT2D eigenvalue weighted by atomic mass is 10.2. The summed E-state index contributed by atoms with van der Waals surface area (Å²) in [5.74, 6) is -0.578. The Morgan fingerprint density at radius 2 is 1.74 bits per heavy atom. The average molecular weight is 525 g/mol. The topological polar surface area (TPSA) is 112 Å². The molecule has 3 aromatic rings. The Morgan fingerprint density at radius 3 is 2.38 bits per heavy atom. The minimum atomic E-state index is -3.48. The highest BCUT2D eigenvalue weighted by Gasteiger charge is 2.16. The van der Waals surface area contributed by atoms with Crippen molar-refractivity contribution < 1.29 is 26.4 Å². The van der Waals surface area contributed by atoms with Gasteiger partial charge in [0.15, 0.2) is 24.5 Å². The molecule has 0 aliphatic carbocycles. The van der Waals surface area contributed by atoms with E-state index in [0.29, 0.717) is 29.3 Å². The summed E-state index contributed by atoms with van der Waals surface area (Å²) in [6.45, 7) is 5.16. The molecule has 34 heavy (non-hydrogen) atoms. The van der Waals surface area contributed by atoms with Crippen LogP contribution in [0.25, 0.3) is 10.2 Å². The van der Waals surface area contributed by atoms with E-state index < -0.39 is 25.6 Å². The molecule has 0 atom stereocenters. The van der Waals surface area contributed by atoms with Gasteiger partial charge >= 0.3 is 0 Å². The first-order valence-electron chi connectivity index (χ1n) is 10.8. The normalized spacial score (nSPS) is 13.0. The second kappa shape index (κ2) is 10.9. The van der Waals surface area contributed by atoms with Crippen LogP contribution >= 0.6 is 11.3 Å². The molecule has 0 N–H and O–H groups in total. The van der Waals surface area contributed by atoms with Crippen molar-refractivity contribution in [2.75, 3.05) is 25.2 Å². The number of carbonyl (C=O) groups excluding carboxylic acids is 1. The second-order valence-corrected chi connectivity index (χ2v) is 13.0. The smallest absolute Gasteiger partial charge is 0.248 e. The highest BCUT2D eigenvalue weighted by Crippen LogP contribution is 2.22. The Labute approximate surface area is 203 Å². The maximum atomic E-state index is 12.6. The monoisotopic (exact) mass is 524 g/mol. The predicted molar refractivity (Wildman–Crippen MR) is 132 cm³/mol. The summed E-state index contributed by atoms with van der Waals surface area (Å²) in [7, 11) is -6.85. The number of sulfone groups is 2. The quantitative estimate of drug-likeness (QED) is 0.377. The number of carbonyl (C=O) groups is 1. The number of thiazole rings is 1. The van der Waals surface area contributed by atoms with Gasteiger partial charge in [0.25, 0.3) is 0 Å². The van der Waals surface area contributed by atoms with Crippen LogP contribution in [0.1, 0.15) is 25.3 Å². The van der Waals surface area contributed by atoms with Crippen molar-refractivity contribution in [3.63, 3.8) is 0 Å². The molecule has 0 radical (unpaired) electrons. The molecule has 0 bridgehead atoms. The van der Waals surface area contributed by atoms with Gasteiger partial charge in [-0.15, -0.1) is 0 Å². The van der Waals surface area contributed by atoms with Gasteiger partial charge in [0.05, 0.1) is 32.4 Å². The second-order valence-electron chi connectivity index (χ2n) is 7.88. The number of hydrogen-bond donors (Lipinski definition) is 0. The van der Waals surface area contributed by atoms with Crippen LogP contribution in [-0.2, 0) is 35.8 Å². The molecule has 1 heterocycles. The molecule has 1 amide bonds. The maximum Gasteiger partial charge on any atom is 0.248 e. The van der Waals surface area contributed by atoms with Gasteiger partial charge in [-0.05, 0) is 50.6 Å². The number of amides is 1. The fourth-order valence-corrected chi connectivity index (χ4v) is 6.47. The van der Waals surface area contributed by atoms with Crippen molar-refractivity contribution in [3.05, 3.63) is 52.8 Å². The molecule has 0 unspecified atom stereocenters. The number of nitrogens with zero attached hydrogens (tertiary/aromatic N) is 2. The summed E-state index contributed by atoms with van der Waals surface area (Å²) in [5, 5.41) is 0. The largest absolute Gasteiger partial charge is 0.380 e. The van der Waals surface area contributed by atoms with Gasteiger partial charge in [-0.25, -0.2) is 16.8 Å². The number of rotatable bonds is 10. The van der Waals surface area contributed by atoms with Crippen molar-refractivity contribution in [3.8, 4) is 0 Å². The van der Waals surface area contributed by atoms with E-state index >= 15 is 0 Å². The standard InChI is InChI=1S/C23H28N2O6S3/c1-4-31-14-13-25-20-12-11-19(33(3,27)28)16-21(20)32-23(25)24-22(26)6-5-15-34(29,30)18-9-7-17(2)8-10-18/h7-12,16H,4-6,13-15H2,1-3H3. The SMILES string of the molecule is CCOCCn1c(=NC(=O)CCCS(=O)(=O)c2ccc(C)cc2)sc2cc(S(C)(=O)=O)ccc21. The third-order valence-corrected chi connectivity index (χ3v) is 9.12. The Balaban J connectivity index is 1.82. The number of fused-ring (bicyclic) bond motifs is 1. The fraction of sp³-hybridized carbons (Fsp3) is 0.391. The maximum absolute atomic E-state index is 12.6. The van der Waals surface area contributed by atoms with Crippen LogP contribution in [0.5, 0.6) is 0 Å². The Morgan fingerprint density at radius 1 is 1.06 bits per heavy atom. The predicted octanol–water partition coefficient (Wildman–Crippen LogP) is 3.13. The zero-order chi connectivity index (χ0) is 24.9. The van der Waals surface area contributed by atoms with Crippen molar-refractivity contribution in [2.45, 2.75) is 43.0 Å². The van der Waals surface area contributed by atoms with Gasteiger partial charge in [0.2, 0.25) is 5.91 Å². The van der Waals surface area contributed by atoms with E-state index in [9.17, 15) is 21.6 Å². The highest BCUT2D eigenvalue weighted by atomic mass is 32.2. The van der Waals surface area contributed by atoms with Crippen LogP contribution in [-0.4, -0.2) is 52.5 Å². The van der Waals surface area contributed by atoms with Crippen LogP contribution in [0.3, 0.4) is 0 Å². The van der Waals surface area contributed by atoms with E-state index in [-0.39, 0.29) is 28.4 Å². The van der Waals surface area contributed by atoms with E-state index in [4.69, 9.17) is 4.74 Å². The first-order valence-corrected chi connectivity index (χ1v) is 15.2. The fourth-order valence-electron chi connectivity index (χ4n) is 3.33. The minimum absolute atomic E-state index is 0.0145. The van der Waals surface area contributed by atoms with Gasteiger partial charge in [-0.2, -0.15) is 4.99 Å². The minimum Gasteiger partial charge on any atom is -0.380 e. The van der Waals surface area contributed by atoms with Crippen LogP contribution in [0, 0.1) is 6.92 Å². The third-order valence-electron chi connectivity index (χ3n) is 5.15. The number of aryl methyl sites for hydroxylation is 1. The molecule has 11 heteroatoms. The molecule has 0 saturated carbocycles. The van der Waals surface area contributed by atoms with Crippen molar-refractivity contribution in [2.24, 2.45) is 4.99 Å². The van der Waals surface area contributed by atoms with Gasteiger partial charge in [0, 0.05) is 25.8 Å². The van der Waals surface area contributed by atoms with E-state index in [1.807, 2.05) is 18.4 Å². The van der Waals surface area contributed by atoms with Crippen molar-refractivity contribution in [1.29, 1.82) is 0 Å². The summed E-state index contributed by atoms with van der Waals surface area (Å²) < 4.78 is 56.8. The summed E-state index contributed by atoms with van der Waals surface area (Å²) in [6, 6.07) is 11.4. The van der Waals surface area contributed by atoms with Crippen LogP contribution in [0.4, 0.5) is 0 Å². The molecule has 1 aromatic heterocycles. The lowest BCUT2D eigenvalue weighted by molar-refractivity contribution is -0.118. The average Bonchev–Trinajstić information content (AvgIpc) is 3.09. The lowest BCUT2D eigenvalue weighted by Gasteiger charge is -2.06. The molecule has 0 saturated heterocycles. The third kappa shape index (κ3) is 6.62. The molecule has 184 valence electrons. The molecule has 0 aliphatic heterocycles. The van der Waals surface area contributed by atoms with Gasteiger partial charge < -0.3 is 9.30 Å². The summed E-state index contributed by atoms with van der Waals surface area (Å²) in [6.07, 6.45) is 1.28. The van der Waals surface area contributed by atoms with Crippen molar-refractivity contribution >= 4 is 47.1 Å². The van der Waals surface area contributed by atoms with Gasteiger partial charge in [0.1, 0.15) is 0 Å². The Hall–Kier alpha value is -2.34. The molecule has 2 aromatic carbocycles. The molecule has 0 spiro atoms. The molecular weight excluding hydrogens is 496 g/mol.